The van der Waals surface area contributed by atoms with E-state index >= 15 is 0 Å². The van der Waals surface area contributed by atoms with Crippen LogP contribution in [0.2, 0.25) is 0 Å². The standard InChI is InChI=1S/C9H9N3S/c10-5-7-1-3-8(4-2-7)13-9(12)6-11/h1-4,6H,11-12H2/b9-6+. The monoisotopic (exact) mass is 191 g/mol. The predicted octanol–water partition coefficient (Wildman–Crippen LogP) is 1.37. The Labute approximate surface area is 81.0 Å². The molecule has 0 aromatic heterocycles. The van der Waals surface area contributed by atoms with Crippen LogP contribution in [-0.4, -0.2) is 0 Å². The van der Waals surface area contributed by atoms with E-state index in [2.05, 4.69) is 0 Å². The van der Waals surface area contributed by atoms with Gasteiger partial charge in [-0.15, -0.1) is 0 Å². The summed E-state index contributed by atoms with van der Waals surface area (Å²) in [4.78, 5) is 0.971. The molecule has 0 amide bonds. The molecule has 0 aliphatic carbocycles. The van der Waals surface area contributed by atoms with E-state index in [1.807, 2.05) is 18.2 Å². The van der Waals surface area contributed by atoms with Crippen LogP contribution in [0.15, 0.2) is 40.4 Å². The summed E-state index contributed by atoms with van der Waals surface area (Å²) in [6.45, 7) is 0. The third-order valence-corrected chi connectivity index (χ3v) is 2.26. The van der Waals surface area contributed by atoms with E-state index in [9.17, 15) is 0 Å². The first kappa shape index (κ1) is 9.49. The lowest BCUT2D eigenvalue weighted by atomic mass is 10.2. The molecule has 0 saturated carbocycles. The summed E-state index contributed by atoms with van der Waals surface area (Å²) >= 11 is 1.37. The van der Waals surface area contributed by atoms with Crippen LogP contribution < -0.4 is 11.5 Å². The van der Waals surface area contributed by atoms with Crippen LogP contribution >= 0.6 is 11.8 Å². The highest BCUT2D eigenvalue weighted by molar-refractivity contribution is 8.03. The minimum atomic E-state index is 0.546. The summed E-state index contributed by atoms with van der Waals surface area (Å²) in [5, 5.41) is 9.09. The zero-order chi connectivity index (χ0) is 9.68. The maximum absolute atomic E-state index is 8.54. The van der Waals surface area contributed by atoms with Crippen LogP contribution in [-0.2, 0) is 0 Å². The normalized spacial score (nSPS) is 10.8. The van der Waals surface area contributed by atoms with E-state index in [-0.39, 0.29) is 0 Å². The zero-order valence-corrected chi connectivity index (χ0v) is 7.71. The number of rotatable bonds is 2. The lowest BCUT2D eigenvalue weighted by Crippen LogP contribution is -1.95. The Balaban J connectivity index is 2.77. The average molecular weight is 191 g/mol. The molecule has 0 saturated heterocycles. The van der Waals surface area contributed by atoms with Crippen molar-refractivity contribution in [3.8, 4) is 6.07 Å². The molecule has 0 atom stereocenters. The van der Waals surface area contributed by atoms with E-state index in [0.717, 1.165) is 4.90 Å². The highest BCUT2D eigenvalue weighted by atomic mass is 32.2. The van der Waals surface area contributed by atoms with Gasteiger partial charge in [0.15, 0.2) is 0 Å². The first-order valence-electron chi connectivity index (χ1n) is 3.61. The lowest BCUT2D eigenvalue weighted by Gasteiger charge is -1.99. The lowest BCUT2D eigenvalue weighted by molar-refractivity contribution is 1.40. The summed E-state index contributed by atoms with van der Waals surface area (Å²) in [6.07, 6.45) is 1.35. The Hall–Kier alpha value is -1.60. The Morgan fingerprint density at radius 1 is 1.38 bits per heavy atom. The van der Waals surface area contributed by atoms with Gasteiger partial charge in [-0.05, 0) is 24.3 Å². The number of hydrogen-bond acceptors (Lipinski definition) is 4. The second-order valence-electron chi connectivity index (χ2n) is 2.31. The van der Waals surface area contributed by atoms with Gasteiger partial charge in [0.05, 0.1) is 16.7 Å². The minimum Gasteiger partial charge on any atom is -0.403 e. The van der Waals surface area contributed by atoms with Gasteiger partial charge in [0, 0.05) is 11.1 Å². The second kappa shape index (κ2) is 4.43. The van der Waals surface area contributed by atoms with Crippen molar-refractivity contribution < 1.29 is 0 Å². The van der Waals surface area contributed by atoms with E-state index in [0.29, 0.717) is 10.6 Å². The second-order valence-corrected chi connectivity index (χ2v) is 3.45. The molecule has 1 aromatic carbocycles. The van der Waals surface area contributed by atoms with Gasteiger partial charge in [0.25, 0.3) is 0 Å². The fraction of sp³-hybridized carbons (Fsp3) is 0. The molecule has 3 nitrogen and oxygen atoms in total. The molecular weight excluding hydrogens is 182 g/mol. The van der Waals surface area contributed by atoms with E-state index < -0.39 is 0 Å². The molecule has 0 radical (unpaired) electrons. The predicted molar refractivity (Wildman–Crippen MR) is 53.5 cm³/mol. The maximum atomic E-state index is 8.54. The fourth-order valence-electron chi connectivity index (χ4n) is 0.768. The summed E-state index contributed by atoms with van der Waals surface area (Å²) in [6, 6.07) is 9.19. The minimum absolute atomic E-state index is 0.546. The molecule has 0 spiro atoms. The van der Waals surface area contributed by atoms with E-state index in [4.69, 9.17) is 16.7 Å². The smallest absolute Gasteiger partial charge is 0.0991 e. The van der Waals surface area contributed by atoms with Crippen molar-refractivity contribution in [3.05, 3.63) is 41.1 Å². The molecule has 66 valence electrons. The van der Waals surface area contributed by atoms with Crippen molar-refractivity contribution in [2.45, 2.75) is 4.90 Å². The van der Waals surface area contributed by atoms with Crippen molar-refractivity contribution in [2.75, 3.05) is 0 Å². The number of thioether (sulfide) groups is 1. The van der Waals surface area contributed by atoms with Crippen LogP contribution in [0, 0.1) is 11.3 Å². The number of hydrogen-bond donors (Lipinski definition) is 2. The third-order valence-electron chi connectivity index (χ3n) is 1.38. The van der Waals surface area contributed by atoms with E-state index in [1.54, 1.807) is 12.1 Å². The van der Waals surface area contributed by atoms with Gasteiger partial charge in [0.1, 0.15) is 0 Å². The summed E-state index contributed by atoms with van der Waals surface area (Å²) in [7, 11) is 0. The molecule has 1 rings (SSSR count). The molecule has 1 aromatic rings. The summed E-state index contributed by atoms with van der Waals surface area (Å²) in [5.41, 5.74) is 11.4. The van der Waals surface area contributed by atoms with Gasteiger partial charge in [0.2, 0.25) is 0 Å². The van der Waals surface area contributed by atoms with E-state index in [1.165, 1.54) is 18.0 Å². The zero-order valence-electron chi connectivity index (χ0n) is 6.90. The molecule has 0 bridgehead atoms. The fourth-order valence-corrected chi connectivity index (χ4v) is 1.38. The van der Waals surface area contributed by atoms with Crippen molar-refractivity contribution in [2.24, 2.45) is 11.5 Å². The van der Waals surface area contributed by atoms with Gasteiger partial charge < -0.3 is 11.5 Å². The molecule has 13 heavy (non-hydrogen) atoms. The number of nitriles is 1. The Bertz CT molecular complexity index is 348. The molecule has 0 aliphatic rings. The Morgan fingerprint density at radius 3 is 2.46 bits per heavy atom. The molecular formula is C9H9N3S. The van der Waals surface area contributed by atoms with Gasteiger partial charge in [-0.2, -0.15) is 5.26 Å². The van der Waals surface area contributed by atoms with Crippen LogP contribution in [0.25, 0.3) is 0 Å². The molecule has 4 heteroatoms. The van der Waals surface area contributed by atoms with Crippen molar-refractivity contribution >= 4 is 11.8 Å². The highest BCUT2D eigenvalue weighted by Crippen LogP contribution is 2.22. The quantitative estimate of drug-likeness (QED) is 0.692. The first-order valence-corrected chi connectivity index (χ1v) is 4.43. The largest absolute Gasteiger partial charge is 0.403 e. The van der Waals surface area contributed by atoms with Crippen LogP contribution in [0.1, 0.15) is 5.56 Å². The average Bonchev–Trinajstić information content (AvgIpc) is 2.19. The molecule has 0 aliphatic heterocycles. The Kier molecular flexibility index (Phi) is 3.23. The summed E-state index contributed by atoms with van der Waals surface area (Å²) in [5.74, 6) is 0. The first-order chi connectivity index (χ1) is 6.26. The highest BCUT2D eigenvalue weighted by Gasteiger charge is 1.95. The molecule has 0 heterocycles. The molecule has 4 N–H and O–H groups in total. The number of nitrogens with zero attached hydrogens (tertiary/aromatic N) is 1. The van der Waals surface area contributed by atoms with Gasteiger partial charge >= 0.3 is 0 Å². The van der Waals surface area contributed by atoms with Crippen molar-refractivity contribution in [3.63, 3.8) is 0 Å². The van der Waals surface area contributed by atoms with Crippen LogP contribution in [0.4, 0.5) is 0 Å². The number of benzene rings is 1. The van der Waals surface area contributed by atoms with Crippen LogP contribution in [0.5, 0.6) is 0 Å². The Morgan fingerprint density at radius 2 is 2.00 bits per heavy atom. The van der Waals surface area contributed by atoms with Gasteiger partial charge in [-0.1, -0.05) is 11.8 Å². The van der Waals surface area contributed by atoms with Crippen LogP contribution in [0.3, 0.4) is 0 Å². The van der Waals surface area contributed by atoms with Crippen molar-refractivity contribution in [1.82, 2.24) is 0 Å². The van der Waals surface area contributed by atoms with Gasteiger partial charge in [-0.25, -0.2) is 0 Å². The van der Waals surface area contributed by atoms with Crippen molar-refractivity contribution in [1.29, 1.82) is 5.26 Å². The number of nitrogens with two attached hydrogens (primary N) is 2. The van der Waals surface area contributed by atoms with Gasteiger partial charge in [-0.3, -0.25) is 0 Å². The summed E-state index contributed by atoms with van der Waals surface area (Å²) < 4.78 is 0. The topological polar surface area (TPSA) is 75.8 Å². The SMILES string of the molecule is N#Cc1ccc(S/C(N)=C/N)cc1. The molecule has 0 fully saturated rings. The molecule has 0 unspecified atom stereocenters. The maximum Gasteiger partial charge on any atom is 0.0991 e. The third kappa shape index (κ3) is 2.73.